The zero-order valence-electron chi connectivity index (χ0n) is 17.0. The molecule has 1 saturated carbocycles. The predicted octanol–water partition coefficient (Wildman–Crippen LogP) is 3.81. The van der Waals surface area contributed by atoms with Crippen molar-refractivity contribution >= 4 is 28.4 Å². The van der Waals surface area contributed by atoms with Gasteiger partial charge in [-0.05, 0) is 42.7 Å². The first-order valence-electron chi connectivity index (χ1n) is 10.2. The van der Waals surface area contributed by atoms with E-state index in [0.717, 1.165) is 47.9 Å². The highest BCUT2D eigenvalue weighted by Crippen LogP contribution is 2.42. The Balaban J connectivity index is 1.46. The van der Waals surface area contributed by atoms with Crippen molar-refractivity contribution in [1.82, 2.24) is 10.3 Å². The number of hydrogen-bond donors (Lipinski definition) is 2. The van der Waals surface area contributed by atoms with Crippen LogP contribution in [0.1, 0.15) is 31.2 Å². The third-order valence-corrected chi connectivity index (χ3v) is 5.83. The average molecular weight is 403 g/mol. The van der Waals surface area contributed by atoms with Crippen LogP contribution in [0.5, 0.6) is 5.75 Å². The van der Waals surface area contributed by atoms with E-state index in [4.69, 9.17) is 4.74 Å². The van der Waals surface area contributed by atoms with E-state index >= 15 is 0 Å². The summed E-state index contributed by atoms with van der Waals surface area (Å²) < 4.78 is 5.34. The predicted molar refractivity (Wildman–Crippen MR) is 117 cm³/mol. The van der Waals surface area contributed by atoms with Crippen LogP contribution in [0.25, 0.3) is 10.9 Å². The fourth-order valence-corrected chi connectivity index (χ4v) is 4.28. The summed E-state index contributed by atoms with van der Waals surface area (Å²) in [5.41, 5.74) is 1.69. The van der Waals surface area contributed by atoms with Gasteiger partial charge < -0.3 is 15.4 Å². The van der Waals surface area contributed by atoms with E-state index < -0.39 is 5.41 Å². The number of ether oxygens (including phenoxy) is 1. The molecular formula is C24H25N3O3. The molecule has 0 atom stereocenters. The maximum atomic E-state index is 13.2. The average Bonchev–Trinajstić information content (AvgIpc) is 3.29. The summed E-state index contributed by atoms with van der Waals surface area (Å²) in [6.07, 6.45) is 5.19. The van der Waals surface area contributed by atoms with Crippen LogP contribution in [0.4, 0.5) is 5.69 Å². The molecule has 0 saturated heterocycles. The lowest BCUT2D eigenvalue weighted by atomic mass is 9.78. The van der Waals surface area contributed by atoms with Crippen molar-refractivity contribution in [2.45, 2.75) is 31.1 Å². The number of rotatable bonds is 6. The van der Waals surface area contributed by atoms with Crippen LogP contribution in [-0.4, -0.2) is 30.5 Å². The van der Waals surface area contributed by atoms with Gasteiger partial charge in [-0.25, -0.2) is 0 Å². The second-order valence-corrected chi connectivity index (χ2v) is 7.63. The number of amides is 2. The van der Waals surface area contributed by atoms with Gasteiger partial charge >= 0.3 is 0 Å². The number of benzene rings is 2. The van der Waals surface area contributed by atoms with Gasteiger partial charge in [0.2, 0.25) is 11.8 Å². The van der Waals surface area contributed by atoms with Crippen LogP contribution in [0.2, 0.25) is 0 Å². The van der Waals surface area contributed by atoms with E-state index in [0.29, 0.717) is 5.69 Å². The maximum absolute atomic E-state index is 13.2. The number of anilines is 1. The van der Waals surface area contributed by atoms with Gasteiger partial charge in [-0.2, -0.15) is 0 Å². The fraction of sp³-hybridized carbons (Fsp3) is 0.292. The van der Waals surface area contributed by atoms with Crippen molar-refractivity contribution in [2.75, 3.05) is 19.0 Å². The van der Waals surface area contributed by atoms with Crippen LogP contribution in [0, 0.1) is 0 Å². The number of hydrogen-bond acceptors (Lipinski definition) is 4. The number of nitrogens with one attached hydrogen (secondary N) is 2. The van der Waals surface area contributed by atoms with Crippen molar-refractivity contribution < 1.29 is 14.3 Å². The largest absolute Gasteiger partial charge is 0.497 e. The summed E-state index contributed by atoms with van der Waals surface area (Å²) in [7, 11) is 1.62. The lowest BCUT2D eigenvalue weighted by Crippen LogP contribution is -2.45. The second kappa shape index (κ2) is 8.53. The van der Waals surface area contributed by atoms with Crippen LogP contribution >= 0.6 is 0 Å². The van der Waals surface area contributed by atoms with E-state index in [2.05, 4.69) is 15.6 Å². The first kappa shape index (κ1) is 19.9. The van der Waals surface area contributed by atoms with Crippen LogP contribution in [0.3, 0.4) is 0 Å². The Hall–Kier alpha value is -3.41. The number of carbonyl (C=O) groups is 2. The normalized spacial score (nSPS) is 15.0. The first-order valence-corrected chi connectivity index (χ1v) is 10.2. The van der Waals surface area contributed by atoms with Crippen LogP contribution < -0.4 is 15.4 Å². The van der Waals surface area contributed by atoms with Crippen molar-refractivity contribution in [1.29, 1.82) is 0 Å². The van der Waals surface area contributed by atoms with Gasteiger partial charge in [-0.3, -0.25) is 14.6 Å². The molecule has 1 aliphatic rings. The van der Waals surface area contributed by atoms with Crippen molar-refractivity contribution in [2.24, 2.45) is 0 Å². The van der Waals surface area contributed by atoms with Crippen molar-refractivity contribution in [3.8, 4) is 5.75 Å². The molecule has 2 amide bonds. The molecule has 30 heavy (non-hydrogen) atoms. The number of fused-ring (bicyclic) bond motifs is 1. The molecule has 0 radical (unpaired) electrons. The first-order chi connectivity index (χ1) is 14.6. The van der Waals surface area contributed by atoms with Crippen LogP contribution in [-0.2, 0) is 15.0 Å². The summed E-state index contributed by atoms with van der Waals surface area (Å²) in [4.78, 5) is 30.1. The van der Waals surface area contributed by atoms with Gasteiger partial charge in [0, 0.05) is 11.6 Å². The van der Waals surface area contributed by atoms with E-state index in [9.17, 15) is 9.59 Å². The zero-order chi connectivity index (χ0) is 21.0. The molecule has 4 rings (SSSR count). The topological polar surface area (TPSA) is 80.3 Å². The monoisotopic (exact) mass is 403 g/mol. The minimum absolute atomic E-state index is 0.0895. The third kappa shape index (κ3) is 3.85. The van der Waals surface area contributed by atoms with E-state index in [-0.39, 0.29) is 18.4 Å². The molecule has 2 aromatic carbocycles. The summed E-state index contributed by atoms with van der Waals surface area (Å²) in [6, 6.07) is 17.1. The number of pyridine rings is 1. The van der Waals surface area contributed by atoms with Gasteiger partial charge in [0.05, 0.1) is 30.3 Å². The maximum Gasteiger partial charge on any atom is 0.243 e. The lowest BCUT2D eigenvalue weighted by Gasteiger charge is -2.28. The number of methoxy groups -OCH3 is 1. The van der Waals surface area contributed by atoms with E-state index in [1.807, 2.05) is 54.6 Å². The molecular weight excluding hydrogens is 378 g/mol. The van der Waals surface area contributed by atoms with Crippen molar-refractivity contribution in [3.05, 3.63) is 66.4 Å². The number of aromatic nitrogens is 1. The Morgan fingerprint density at radius 3 is 2.63 bits per heavy atom. The molecule has 1 aromatic heterocycles. The minimum Gasteiger partial charge on any atom is -0.497 e. The zero-order valence-corrected chi connectivity index (χ0v) is 17.0. The molecule has 1 heterocycles. The molecule has 1 fully saturated rings. The Labute approximate surface area is 175 Å². The highest BCUT2D eigenvalue weighted by Gasteiger charge is 2.42. The molecule has 0 aliphatic heterocycles. The van der Waals surface area contributed by atoms with Gasteiger partial charge in [0.25, 0.3) is 0 Å². The van der Waals surface area contributed by atoms with Crippen LogP contribution in [0.15, 0.2) is 60.8 Å². The quantitative estimate of drug-likeness (QED) is 0.656. The van der Waals surface area contributed by atoms with Gasteiger partial charge in [-0.15, -0.1) is 0 Å². The third-order valence-electron chi connectivity index (χ3n) is 5.83. The molecule has 1 aliphatic carbocycles. The molecule has 0 unspecified atom stereocenters. The van der Waals surface area contributed by atoms with Crippen molar-refractivity contribution in [3.63, 3.8) is 0 Å². The molecule has 2 N–H and O–H groups in total. The Bertz CT molecular complexity index is 1070. The molecule has 0 bridgehead atoms. The second-order valence-electron chi connectivity index (χ2n) is 7.63. The number of para-hydroxylation sites is 1. The molecule has 6 heteroatoms. The highest BCUT2D eigenvalue weighted by atomic mass is 16.5. The van der Waals surface area contributed by atoms with E-state index in [1.54, 1.807) is 13.3 Å². The summed E-state index contributed by atoms with van der Waals surface area (Å²) in [6.45, 7) is -0.0895. The summed E-state index contributed by atoms with van der Waals surface area (Å²) in [5.74, 6) is 0.340. The van der Waals surface area contributed by atoms with Gasteiger partial charge in [0.1, 0.15) is 5.75 Å². The highest BCUT2D eigenvalue weighted by molar-refractivity contribution is 6.02. The van der Waals surface area contributed by atoms with Gasteiger partial charge in [0.15, 0.2) is 0 Å². The summed E-state index contributed by atoms with van der Waals surface area (Å²) in [5, 5.41) is 6.67. The Morgan fingerprint density at radius 2 is 1.83 bits per heavy atom. The number of nitrogens with zero attached hydrogens (tertiary/aromatic N) is 1. The smallest absolute Gasteiger partial charge is 0.243 e. The van der Waals surface area contributed by atoms with Gasteiger partial charge in [-0.1, -0.05) is 43.2 Å². The minimum atomic E-state index is -0.615. The molecule has 0 spiro atoms. The summed E-state index contributed by atoms with van der Waals surface area (Å²) >= 11 is 0. The van der Waals surface area contributed by atoms with E-state index in [1.165, 1.54) is 0 Å². The molecule has 3 aromatic rings. The Morgan fingerprint density at radius 1 is 1.07 bits per heavy atom. The Kier molecular flexibility index (Phi) is 5.65. The molecule has 154 valence electrons. The number of carbonyl (C=O) groups excluding carboxylic acids is 2. The fourth-order valence-electron chi connectivity index (χ4n) is 4.28. The standard InChI is InChI=1S/C24H25N3O3/c1-30-19-10-5-9-18(15-19)24(12-2-3-13-24)23(29)26-16-21(28)27-20-11-4-7-17-8-6-14-25-22(17)20/h4-11,14-15H,2-3,12-13,16H2,1H3,(H,26,29)(H,27,28). The SMILES string of the molecule is COc1cccc(C2(C(=O)NCC(=O)Nc3cccc4cccnc34)CCCC2)c1. The lowest BCUT2D eigenvalue weighted by molar-refractivity contribution is -0.128. The molecule has 6 nitrogen and oxygen atoms in total.